The molecule has 6 heteroatoms. The van der Waals surface area contributed by atoms with Crippen LogP contribution in [0.3, 0.4) is 0 Å². The van der Waals surface area contributed by atoms with Gasteiger partial charge in [0, 0.05) is 5.39 Å². The lowest BCUT2D eigenvalue weighted by Crippen LogP contribution is -2.20. The summed E-state index contributed by atoms with van der Waals surface area (Å²) in [6, 6.07) is 137. The third-order valence-electron chi connectivity index (χ3n) is 14.4. The zero-order valence-corrected chi connectivity index (χ0v) is 54.0. The monoisotopic (exact) mass is 1230 g/mol. The van der Waals surface area contributed by atoms with E-state index in [2.05, 4.69) is 376 Å². The highest BCUT2D eigenvalue weighted by atomic mass is 31.1. The second-order valence-electron chi connectivity index (χ2n) is 20.4. The average molecular weight is 1230 g/mol. The average Bonchev–Trinajstić information content (AvgIpc) is 3.44. The van der Waals surface area contributed by atoms with Crippen LogP contribution < -0.4 is 68.4 Å². The number of fused-ring (bicyclic) bond motifs is 1. The summed E-state index contributed by atoms with van der Waals surface area (Å²) < 4.78 is 5.12. The van der Waals surface area contributed by atoms with E-state index in [0.29, 0.717) is 0 Å². The van der Waals surface area contributed by atoms with E-state index in [1.165, 1.54) is 63.7 Å². The van der Waals surface area contributed by atoms with Crippen molar-refractivity contribution in [2.45, 2.75) is 0 Å². The van der Waals surface area contributed by atoms with Crippen molar-refractivity contribution in [3.63, 3.8) is 0 Å². The molecule has 0 saturated carbocycles. The first-order valence-electron chi connectivity index (χ1n) is 30.0. The fraction of sp³-hybridized carbons (Fsp3) is 0.0119. The summed E-state index contributed by atoms with van der Waals surface area (Å²) in [5, 5.41) is 17.8. The number of methoxy groups -OCH3 is 1. The lowest BCUT2D eigenvalue weighted by molar-refractivity contribution is 0.414. The molecular weight excluding hydrogens is 1160 g/mol. The molecule has 14 aromatic rings. The molecule has 0 fully saturated rings. The molecule has 2 nitrogen and oxygen atoms in total. The predicted octanol–water partition coefficient (Wildman–Crippen LogP) is 16.7. The molecule has 0 aliphatic carbocycles. The molecule has 0 aliphatic heterocycles. The van der Waals surface area contributed by atoms with Crippen molar-refractivity contribution in [2.75, 3.05) is 7.11 Å². The molecule has 0 radical (unpaired) electrons. The minimum absolute atomic E-state index is 0.446. The van der Waals surface area contributed by atoms with Crippen LogP contribution in [0.1, 0.15) is 5.56 Å². The van der Waals surface area contributed by atoms with E-state index in [0.717, 1.165) is 22.2 Å². The summed E-state index contributed by atoms with van der Waals surface area (Å²) in [6.45, 7) is 3.77. The predicted molar refractivity (Wildman–Crippen MR) is 399 cm³/mol. The molecule has 13 aromatic carbocycles. The quantitative estimate of drug-likeness (QED) is 0.101. The Morgan fingerprint density at radius 2 is 0.444 bits per heavy atom. The summed E-state index contributed by atoms with van der Waals surface area (Å²) in [5.41, 5.74) is 2.04. The normalized spacial score (nSPS) is 10.5. The maximum absolute atomic E-state index is 5.12. The summed E-state index contributed by atoms with van der Waals surface area (Å²) >= 11 is 0. The van der Waals surface area contributed by atoms with E-state index in [9.17, 15) is 0 Å². The van der Waals surface area contributed by atoms with Gasteiger partial charge in [-0.05, 0) is 113 Å². The summed E-state index contributed by atoms with van der Waals surface area (Å²) in [7, 11) is -0.146. The Morgan fingerprint density at radius 3 is 0.611 bits per heavy atom. The van der Waals surface area contributed by atoms with Gasteiger partial charge in [0.1, 0.15) is 5.75 Å². The fourth-order valence-corrected chi connectivity index (χ4v) is 19.4. The second-order valence-corrected chi connectivity index (χ2v) is 29.2. The van der Waals surface area contributed by atoms with Gasteiger partial charge in [-0.25, -0.2) is 0 Å². The van der Waals surface area contributed by atoms with Gasteiger partial charge in [-0.1, -0.05) is 389 Å². The van der Waals surface area contributed by atoms with Gasteiger partial charge in [-0.3, -0.25) is 4.98 Å². The van der Waals surface area contributed by atoms with Crippen molar-refractivity contribution in [3.8, 4) is 5.75 Å². The Balaban J connectivity index is 0.000000124. The van der Waals surface area contributed by atoms with Crippen molar-refractivity contribution in [1.29, 1.82) is 0 Å². The Kier molecular flexibility index (Phi) is 24.6. The van der Waals surface area contributed by atoms with Crippen molar-refractivity contribution in [1.82, 2.24) is 4.98 Å². The molecule has 0 atom stereocenters. The molecular formula is C84H71NOP4. The number of rotatable bonds is 14. The van der Waals surface area contributed by atoms with E-state index in [1.807, 2.05) is 30.3 Å². The van der Waals surface area contributed by atoms with Crippen LogP contribution in [0.4, 0.5) is 0 Å². The van der Waals surface area contributed by atoms with Crippen LogP contribution in [-0.4, -0.2) is 12.1 Å². The highest BCUT2D eigenvalue weighted by molar-refractivity contribution is 7.81. The first-order chi connectivity index (χ1) is 44.6. The third-order valence-corrected chi connectivity index (χ3v) is 24.1. The minimum Gasteiger partial charge on any atom is -0.495 e. The van der Waals surface area contributed by atoms with Crippen LogP contribution in [0.25, 0.3) is 17.0 Å². The topological polar surface area (TPSA) is 22.1 Å². The number of pyridine rings is 1. The minimum atomic E-state index is -0.446. The van der Waals surface area contributed by atoms with E-state index in [4.69, 9.17) is 4.74 Å². The Morgan fingerprint density at radius 1 is 0.256 bits per heavy atom. The lowest BCUT2D eigenvalue weighted by atomic mass is 10.1. The van der Waals surface area contributed by atoms with Crippen LogP contribution in [-0.2, 0) is 0 Å². The smallest absolute Gasteiger partial charge is 0.137 e. The van der Waals surface area contributed by atoms with Crippen LogP contribution >= 0.6 is 31.7 Å². The van der Waals surface area contributed by atoms with Crippen LogP contribution in [0.2, 0.25) is 0 Å². The van der Waals surface area contributed by atoms with Crippen molar-refractivity contribution >= 4 is 112 Å². The molecule has 0 bridgehead atoms. The van der Waals surface area contributed by atoms with Gasteiger partial charge >= 0.3 is 0 Å². The van der Waals surface area contributed by atoms with Crippen molar-refractivity contribution in [3.05, 3.63) is 407 Å². The van der Waals surface area contributed by atoms with Crippen molar-refractivity contribution < 1.29 is 4.74 Å². The maximum Gasteiger partial charge on any atom is 0.137 e. The molecule has 0 unspecified atom stereocenters. The fourth-order valence-electron chi connectivity index (χ4n) is 10.2. The molecule has 14 rings (SSSR count). The van der Waals surface area contributed by atoms with Gasteiger partial charge in [-0.2, -0.15) is 0 Å². The number of hydrogen-bond donors (Lipinski definition) is 0. The molecule has 0 amide bonds. The molecule has 0 N–H and O–H groups in total. The lowest BCUT2D eigenvalue weighted by Gasteiger charge is -2.18. The van der Waals surface area contributed by atoms with E-state index in [1.54, 1.807) is 13.3 Å². The summed E-state index contributed by atoms with van der Waals surface area (Å²) in [4.78, 5) is 4.29. The van der Waals surface area contributed by atoms with Gasteiger partial charge in [-0.15, -0.1) is 0 Å². The number of nitrogens with zero attached hydrogens (tertiary/aromatic N) is 1. The maximum atomic E-state index is 5.12. The Hall–Kier alpha value is -9.47. The van der Waals surface area contributed by atoms with E-state index in [-0.39, 0.29) is 0 Å². The number of benzene rings is 13. The van der Waals surface area contributed by atoms with Crippen LogP contribution in [0.5, 0.6) is 5.75 Å². The Bertz CT molecular complexity index is 3410. The number of ether oxygens (including phenoxy) is 1. The van der Waals surface area contributed by atoms with Crippen molar-refractivity contribution in [2.24, 2.45) is 0 Å². The molecule has 0 saturated heterocycles. The van der Waals surface area contributed by atoms with Gasteiger partial charge in [0.2, 0.25) is 0 Å². The van der Waals surface area contributed by atoms with Gasteiger partial charge in [0.15, 0.2) is 0 Å². The van der Waals surface area contributed by atoms with Crippen LogP contribution in [0, 0.1) is 0 Å². The summed E-state index contributed by atoms with van der Waals surface area (Å²) in [6.07, 6.45) is 3.54. The first kappa shape index (κ1) is 63.5. The van der Waals surface area contributed by atoms with Gasteiger partial charge in [0.05, 0.1) is 18.8 Å². The standard InChI is InChI=1S/4C18H15P.C12H11NO/c4*1-4-10-16(11-5-1)19(17-12-6-2-7-13-17)18-14-8-3-9-15-18;1-3-9-5-4-6-12-11(9)7-10(14-2)8-13-12/h4*1-15H;3-8H,1H2,2H3. The van der Waals surface area contributed by atoms with Gasteiger partial charge < -0.3 is 4.74 Å². The van der Waals surface area contributed by atoms with Crippen LogP contribution in [0.15, 0.2) is 401 Å². The third kappa shape index (κ3) is 18.1. The highest BCUT2D eigenvalue weighted by Crippen LogP contribution is 2.35. The zero-order valence-electron chi connectivity index (χ0n) is 50.5. The zero-order chi connectivity index (χ0) is 61.6. The molecule has 0 aliphatic rings. The molecule has 1 heterocycles. The van der Waals surface area contributed by atoms with E-state index >= 15 is 0 Å². The largest absolute Gasteiger partial charge is 0.495 e. The molecule has 438 valence electrons. The van der Waals surface area contributed by atoms with Gasteiger partial charge in [0.25, 0.3) is 0 Å². The SMILES string of the molecule is C=Cc1cccc2ncc(OC)cc12.c1ccc(P(c2ccccc2)c2ccccc2)cc1.c1ccc(P(c2ccccc2)c2ccccc2)cc1.c1ccc(P(c2ccccc2)c2ccccc2)cc1.c1ccc(P(c2ccccc2)c2ccccc2)cc1. The number of hydrogen-bond acceptors (Lipinski definition) is 2. The second kappa shape index (κ2) is 34.9. The molecule has 0 spiro atoms. The molecule has 90 heavy (non-hydrogen) atoms. The Labute approximate surface area is 538 Å². The first-order valence-corrected chi connectivity index (χ1v) is 35.4. The summed E-state index contributed by atoms with van der Waals surface area (Å²) in [5.74, 6) is 0.770. The van der Waals surface area contributed by atoms with E-state index < -0.39 is 31.7 Å². The molecule has 1 aromatic heterocycles. The number of aromatic nitrogens is 1. The highest BCUT2D eigenvalue weighted by Gasteiger charge is 2.19.